The number of carboxylic acid groups (broad SMARTS) is 1. The van der Waals surface area contributed by atoms with Crippen molar-refractivity contribution in [2.75, 3.05) is 0 Å². The summed E-state index contributed by atoms with van der Waals surface area (Å²) < 4.78 is 1.62. The fraction of sp³-hybridized carbons (Fsp3) is 0.444. The average Bonchev–Trinajstić information content (AvgIpc) is 2.61. The molecule has 0 saturated heterocycles. The van der Waals surface area contributed by atoms with Gasteiger partial charge in [0.05, 0.1) is 12.2 Å². The zero-order valence-corrected chi connectivity index (χ0v) is 9.10. The number of nitrogens with one attached hydrogen (secondary N) is 2. The Hall–Kier alpha value is -2.05. The molecule has 0 aliphatic heterocycles. The van der Waals surface area contributed by atoms with Gasteiger partial charge in [-0.05, 0) is 13.0 Å². The molecule has 0 aliphatic carbocycles. The summed E-state index contributed by atoms with van der Waals surface area (Å²) in [5.74, 6) is -1.08. The summed E-state index contributed by atoms with van der Waals surface area (Å²) in [5, 5.41) is 17.4. The third kappa shape index (κ3) is 3.60. The van der Waals surface area contributed by atoms with Crippen LogP contribution in [0.15, 0.2) is 12.3 Å². The highest BCUT2D eigenvalue weighted by atomic mass is 16.4. The van der Waals surface area contributed by atoms with Crippen molar-refractivity contribution < 1.29 is 14.7 Å². The van der Waals surface area contributed by atoms with E-state index in [1.807, 2.05) is 0 Å². The van der Waals surface area contributed by atoms with Crippen molar-refractivity contribution in [3.8, 4) is 0 Å². The first-order valence-corrected chi connectivity index (χ1v) is 4.74. The molecule has 0 fully saturated rings. The number of hydrogen-bond acceptors (Lipinski definition) is 3. The number of aromatic nitrogens is 2. The quantitative estimate of drug-likeness (QED) is 0.656. The van der Waals surface area contributed by atoms with Crippen LogP contribution in [0, 0.1) is 0 Å². The van der Waals surface area contributed by atoms with Crippen molar-refractivity contribution in [2.45, 2.75) is 19.5 Å². The maximum absolute atomic E-state index is 11.2. The first-order chi connectivity index (χ1) is 7.49. The Bertz CT molecular complexity index is 388. The van der Waals surface area contributed by atoms with Gasteiger partial charge in [-0.1, -0.05) is 0 Å². The molecular formula is C9H14N4O3. The Labute approximate surface area is 92.4 Å². The summed E-state index contributed by atoms with van der Waals surface area (Å²) in [4.78, 5) is 21.7. The lowest BCUT2D eigenvalue weighted by atomic mass is 10.3. The van der Waals surface area contributed by atoms with E-state index in [0.29, 0.717) is 5.69 Å². The average molecular weight is 226 g/mol. The monoisotopic (exact) mass is 226 g/mol. The van der Waals surface area contributed by atoms with Crippen LogP contribution in [0.4, 0.5) is 4.79 Å². The molecule has 88 valence electrons. The van der Waals surface area contributed by atoms with Crippen LogP contribution < -0.4 is 10.6 Å². The van der Waals surface area contributed by atoms with E-state index in [9.17, 15) is 9.59 Å². The van der Waals surface area contributed by atoms with E-state index in [1.54, 1.807) is 24.0 Å². The fourth-order valence-corrected chi connectivity index (χ4v) is 1.04. The second-order valence-electron chi connectivity index (χ2n) is 3.37. The molecule has 7 nitrogen and oxygen atoms in total. The summed E-state index contributed by atoms with van der Waals surface area (Å²) in [5.41, 5.74) is 0.709. The van der Waals surface area contributed by atoms with Crippen LogP contribution in [0.3, 0.4) is 0 Å². The van der Waals surface area contributed by atoms with Crippen molar-refractivity contribution in [3.63, 3.8) is 0 Å². The Morgan fingerprint density at radius 1 is 1.62 bits per heavy atom. The number of rotatable bonds is 4. The fourth-order valence-electron chi connectivity index (χ4n) is 1.04. The molecule has 1 rings (SSSR count). The second-order valence-corrected chi connectivity index (χ2v) is 3.37. The first kappa shape index (κ1) is 12.0. The van der Waals surface area contributed by atoms with Gasteiger partial charge in [-0.3, -0.25) is 9.48 Å². The van der Waals surface area contributed by atoms with Gasteiger partial charge >= 0.3 is 12.0 Å². The number of urea groups is 1. The molecule has 3 N–H and O–H groups in total. The lowest BCUT2D eigenvalue weighted by Gasteiger charge is -2.09. The Morgan fingerprint density at radius 2 is 2.31 bits per heavy atom. The molecule has 1 aromatic rings. The number of amides is 2. The van der Waals surface area contributed by atoms with Crippen molar-refractivity contribution in [3.05, 3.63) is 18.0 Å². The van der Waals surface area contributed by atoms with Crippen molar-refractivity contribution in [1.82, 2.24) is 20.4 Å². The highest BCUT2D eigenvalue weighted by Gasteiger charge is 2.13. The summed E-state index contributed by atoms with van der Waals surface area (Å²) in [6.45, 7) is 1.65. The summed E-state index contributed by atoms with van der Waals surface area (Å²) in [6.07, 6.45) is 1.76. The molecule has 0 saturated carbocycles. The second kappa shape index (κ2) is 5.15. The topological polar surface area (TPSA) is 96.3 Å². The van der Waals surface area contributed by atoms with Crippen LogP contribution >= 0.6 is 0 Å². The van der Waals surface area contributed by atoms with E-state index in [-0.39, 0.29) is 6.54 Å². The summed E-state index contributed by atoms with van der Waals surface area (Å²) >= 11 is 0. The molecule has 2 amide bonds. The van der Waals surface area contributed by atoms with Crippen molar-refractivity contribution in [1.29, 1.82) is 0 Å². The highest BCUT2D eigenvalue weighted by Crippen LogP contribution is 1.92. The molecule has 0 aliphatic rings. The van der Waals surface area contributed by atoms with Crippen LogP contribution in [0.1, 0.15) is 12.6 Å². The van der Waals surface area contributed by atoms with Crippen LogP contribution in [-0.2, 0) is 18.4 Å². The number of carbonyl (C=O) groups is 2. The standard InChI is InChI=1S/C9H14N4O3/c1-6(8(14)15)11-9(16)10-5-7-3-4-13(2)12-7/h3-4,6H,5H2,1-2H3,(H,14,15)(H2,10,11,16). The molecule has 1 atom stereocenters. The SMILES string of the molecule is CC(NC(=O)NCc1ccn(C)n1)C(=O)O. The van der Waals surface area contributed by atoms with Gasteiger partial charge < -0.3 is 15.7 Å². The van der Waals surface area contributed by atoms with E-state index in [1.165, 1.54) is 6.92 Å². The zero-order chi connectivity index (χ0) is 12.1. The minimum Gasteiger partial charge on any atom is -0.480 e. The van der Waals surface area contributed by atoms with Crippen LogP contribution in [0.25, 0.3) is 0 Å². The van der Waals surface area contributed by atoms with E-state index in [0.717, 1.165) is 0 Å². The normalized spacial score (nSPS) is 11.9. The third-order valence-corrected chi connectivity index (χ3v) is 1.92. The van der Waals surface area contributed by atoms with Gasteiger partial charge in [0.2, 0.25) is 0 Å². The number of carbonyl (C=O) groups excluding carboxylic acids is 1. The smallest absolute Gasteiger partial charge is 0.325 e. The van der Waals surface area contributed by atoms with Crippen molar-refractivity contribution >= 4 is 12.0 Å². The molecule has 1 aromatic heterocycles. The van der Waals surface area contributed by atoms with Crippen molar-refractivity contribution in [2.24, 2.45) is 7.05 Å². The Kier molecular flexibility index (Phi) is 3.87. The lowest BCUT2D eigenvalue weighted by Crippen LogP contribution is -2.44. The van der Waals surface area contributed by atoms with E-state index >= 15 is 0 Å². The molecule has 7 heteroatoms. The summed E-state index contributed by atoms with van der Waals surface area (Å²) in [7, 11) is 1.77. The zero-order valence-electron chi connectivity index (χ0n) is 9.10. The molecule has 0 radical (unpaired) electrons. The molecule has 1 heterocycles. The highest BCUT2D eigenvalue weighted by molar-refractivity contribution is 5.82. The number of carboxylic acids is 1. The minimum absolute atomic E-state index is 0.263. The molecule has 0 aromatic carbocycles. The predicted octanol–water partition coefficient (Wildman–Crippen LogP) is -0.308. The summed E-state index contributed by atoms with van der Waals surface area (Å²) in [6, 6.07) is 0.324. The number of aryl methyl sites for hydroxylation is 1. The minimum atomic E-state index is -1.08. The van der Waals surface area contributed by atoms with Gasteiger partial charge in [-0.2, -0.15) is 5.10 Å². The van der Waals surface area contributed by atoms with E-state index in [2.05, 4.69) is 15.7 Å². The van der Waals surface area contributed by atoms with Crippen LogP contribution in [0.2, 0.25) is 0 Å². The van der Waals surface area contributed by atoms with Gasteiger partial charge in [0.1, 0.15) is 6.04 Å². The predicted molar refractivity (Wildman–Crippen MR) is 55.7 cm³/mol. The maximum Gasteiger partial charge on any atom is 0.325 e. The van der Waals surface area contributed by atoms with E-state index in [4.69, 9.17) is 5.11 Å². The molecule has 16 heavy (non-hydrogen) atoms. The largest absolute Gasteiger partial charge is 0.480 e. The van der Waals surface area contributed by atoms with Gasteiger partial charge in [0.25, 0.3) is 0 Å². The molecule has 1 unspecified atom stereocenters. The Morgan fingerprint density at radius 3 is 2.81 bits per heavy atom. The number of aliphatic carboxylic acids is 1. The molecule has 0 spiro atoms. The number of nitrogens with zero attached hydrogens (tertiary/aromatic N) is 2. The molecule has 0 bridgehead atoms. The van der Waals surface area contributed by atoms with Gasteiger partial charge in [0.15, 0.2) is 0 Å². The lowest BCUT2D eigenvalue weighted by molar-refractivity contribution is -0.138. The first-order valence-electron chi connectivity index (χ1n) is 4.74. The maximum atomic E-state index is 11.2. The van der Waals surface area contributed by atoms with Gasteiger partial charge in [0, 0.05) is 13.2 Å². The van der Waals surface area contributed by atoms with Crippen LogP contribution in [0.5, 0.6) is 0 Å². The van der Waals surface area contributed by atoms with E-state index < -0.39 is 18.0 Å². The Balaban J connectivity index is 2.33. The third-order valence-electron chi connectivity index (χ3n) is 1.92. The van der Waals surface area contributed by atoms with Gasteiger partial charge in [-0.25, -0.2) is 4.79 Å². The molecular weight excluding hydrogens is 212 g/mol. The van der Waals surface area contributed by atoms with Gasteiger partial charge in [-0.15, -0.1) is 0 Å². The number of hydrogen-bond donors (Lipinski definition) is 3. The van der Waals surface area contributed by atoms with Crippen LogP contribution in [-0.4, -0.2) is 32.9 Å².